The molecule has 16 heavy (non-hydrogen) atoms. The molecule has 1 fully saturated rings. The smallest absolute Gasteiger partial charge is 0.157 e. The highest BCUT2D eigenvalue weighted by Gasteiger charge is 2.40. The van der Waals surface area contributed by atoms with Crippen LogP contribution in [0.1, 0.15) is 48.9 Å². The van der Waals surface area contributed by atoms with E-state index in [1.54, 1.807) is 0 Å². The summed E-state index contributed by atoms with van der Waals surface area (Å²) >= 11 is 6.01. The average Bonchev–Trinajstić information content (AvgIpc) is 2.57. The highest BCUT2D eigenvalue weighted by atomic mass is 35.5. The lowest BCUT2D eigenvalue weighted by atomic mass is 9.75. The molecule has 1 aliphatic carbocycles. The van der Waals surface area contributed by atoms with Crippen molar-refractivity contribution in [2.45, 2.75) is 31.1 Å². The summed E-state index contributed by atoms with van der Waals surface area (Å²) in [6.45, 7) is -3.58. The molecule has 0 heterocycles. The third-order valence-electron chi connectivity index (χ3n) is 2.13. The molecule has 1 saturated carbocycles. The molecule has 1 aliphatic rings. The fourth-order valence-electron chi connectivity index (χ4n) is 1.36. The van der Waals surface area contributed by atoms with Crippen molar-refractivity contribution >= 4 is 17.4 Å². The average molecular weight is 252 g/mol. The Balaban J connectivity index is 3.18. The van der Waals surface area contributed by atoms with Crippen LogP contribution in [0.15, 0.2) is 24.2 Å². The minimum atomic E-state index is -3.58. The second kappa shape index (κ2) is 4.56. The van der Waals surface area contributed by atoms with Crippen LogP contribution in [0.3, 0.4) is 0 Å². The van der Waals surface area contributed by atoms with Crippen LogP contribution in [-0.4, -0.2) is 12.8 Å². The molecule has 1 aromatic carbocycles. The van der Waals surface area contributed by atoms with Gasteiger partial charge in [0.2, 0.25) is 0 Å². The highest BCUT2D eigenvalue weighted by Crippen LogP contribution is 2.37. The van der Waals surface area contributed by atoms with Gasteiger partial charge in [0, 0.05) is 23.7 Å². The first-order chi connectivity index (χ1) is 13.2. The molecule has 0 saturated heterocycles. The number of benzene rings is 1. The van der Waals surface area contributed by atoms with Gasteiger partial charge >= 0.3 is 0 Å². The molecule has 1 unspecified atom stereocenters. The molecule has 0 radical (unpaired) electrons. The Morgan fingerprint density at radius 3 is 3.31 bits per heavy atom. The van der Waals surface area contributed by atoms with Crippen molar-refractivity contribution in [1.29, 1.82) is 0 Å². The van der Waals surface area contributed by atoms with E-state index in [4.69, 9.17) is 30.8 Å². The van der Waals surface area contributed by atoms with E-state index in [1.807, 2.05) is 0 Å². The van der Waals surface area contributed by atoms with Gasteiger partial charge in [-0.1, -0.05) is 36.1 Å². The second-order valence-corrected chi connectivity index (χ2v) is 3.37. The van der Waals surface area contributed by atoms with Crippen LogP contribution in [-0.2, 0) is 10.3 Å². The highest BCUT2D eigenvalue weighted by molar-refractivity contribution is 6.31. The zero-order chi connectivity index (χ0) is 23.8. The van der Waals surface area contributed by atoms with Crippen molar-refractivity contribution in [3.8, 4) is 0 Å². The summed E-state index contributed by atoms with van der Waals surface area (Å²) in [5.41, 5.74) is -4.66. The number of hydrogen-bond donors (Lipinski definition) is 1. The van der Waals surface area contributed by atoms with E-state index in [2.05, 4.69) is 0 Å². The number of halogens is 1. The predicted molar refractivity (Wildman–Crippen MR) is 65.7 cm³/mol. The molecule has 0 spiro atoms. The third-order valence-corrected chi connectivity index (χ3v) is 2.42. The summed E-state index contributed by atoms with van der Waals surface area (Å²) in [6, 6.07) is -3.99. The third kappa shape index (κ3) is 1.76. The number of ketones is 1. The van der Waals surface area contributed by atoms with Crippen molar-refractivity contribution < 1.29 is 24.0 Å². The monoisotopic (exact) mass is 251 g/mol. The molecule has 0 bridgehead atoms. The van der Waals surface area contributed by atoms with Crippen LogP contribution in [0.25, 0.3) is 0 Å². The van der Waals surface area contributed by atoms with Gasteiger partial charge in [-0.25, -0.2) is 0 Å². The molecule has 3 heteroatoms. The number of carbonyl (C=O) groups is 1. The standard InChI is InChI=1S/C13H16ClNO/c1-15-13(9-5-4-8-12(13)16)10-6-2-3-7-11(10)14/h2-3,6-7,15H,4-5,8-9H2,1H3/i1D3,2D,3D,4D2,6D,7D,8D2,9D2/hD. The number of nitrogens with one attached hydrogen (secondary N) is 1. The summed E-state index contributed by atoms with van der Waals surface area (Å²) < 4.78 is 110. The Hall–Kier alpha value is -0.860. The molecular formula is C13H16ClNO. The van der Waals surface area contributed by atoms with Crippen molar-refractivity contribution in [2.75, 3.05) is 6.98 Å². The van der Waals surface area contributed by atoms with Crippen LogP contribution in [0.5, 0.6) is 0 Å². The lowest BCUT2D eigenvalue weighted by Crippen LogP contribution is -2.49. The minimum Gasteiger partial charge on any atom is -0.304 e. The SMILES string of the molecule is [2H]c1c([2H])c([2H])c(C2(N([2H])C([2H])([2H])[2H])C(=O)C([2H])([2H])C([2H])([2H])CC2([2H])[2H])c(Cl)c1[2H]. The van der Waals surface area contributed by atoms with E-state index in [1.165, 1.54) is 0 Å². The van der Waals surface area contributed by atoms with Gasteiger partial charge in [-0.3, -0.25) is 4.79 Å². The molecular weight excluding hydrogens is 222 g/mol. The molecule has 0 aliphatic heterocycles. The van der Waals surface area contributed by atoms with Gasteiger partial charge in [0.1, 0.15) is 6.95 Å². The van der Waals surface area contributed by atoms with Crippen molar-refractivity contribution in [3.63, 3.8) is 0 Å². The molecule has 1 atom stereocenters. The number of carbonyl (C=O) groups excluding carboxylic acids is 1. The van der Waals surface area contributed by atoms with Crippen LogP contribution < -0.4 is 5.31 Å². The van der Waals surface area contributed by atoms with Gasteiger partial charge in [-0.05, 0) is 31.3 Å². The maximum atomic E-state index is 13.3. The van der Waals surface area contributed by atoms with Crippen LogP contribution in [0.2, 0.25) is 6.43 Å². The maximum Gasteiger partial charge on any atom is 0.157 e. The van der Waals surface area contributed by atoms with Gasteiger partial charge in [-0.2, -0.15) is 0 Å². The van der Waals surface area contributed by atoms with E-state index in [0.29, 0.717) is 0 Å². The van der Waals surface area contributed by atoms with Crippen LogP contribution >= 0.6 is 11.6 Å². The quantitative estimate of drug-likeness (QED) is 0.876. The maximum absolute atomic E-state index is 13.3. The van der Waals surface area contributed by atoms with Crippen LogP contribution in [0.4, 0.5) is 0 Å². The predicted octanol–water partition coefficient (Wildman–Crippen LogP) is 2.90. The van der Waals surface area contributed by atoms with Crippen molar-refractivity contribution in [2.24, 2.45) is 0 Å². The molecule has 2 nitrogen and oxygen atoms in total. The molecule has 86 valence electrons. The Kier molecular flexibility index (Phi) is 0.950. The lowest BCUT2D eigenvalue weighted by Gasteiger charge is -2.36. The Morgan fingerprint density at radius 1 is 1.69 bits per heavy atom. The first kappa shape index (κ1) is 3.33. The number of rotatable bonds is 2. The molecule has 1 aromatic rings. The van der Waals surface area contributed by atoms with E-state index in [9.17, 15) is 4.79 Å². The van der Waals surface area contributed by atoms with Gasteiger partial charge in [0.15, 0.2) is 5.78 Å². The number of likely N-dealkylation sites (N-methyl/N-ethyl adjacent to an activating group) is 1. The lowest BCUT2D eigenvalue weighted by molar-refractivity contribution is -0.127. The molecule has 2 rings (SSSR count). The second-order valence-electron chi connectivity index (χ2n) is 3.00. The van der Waals surface area contributed by atoms with E-state index in [0.717, 1.165) is 0 Å². The number of hydrogen-bond acceptors (Lipinski definition) is 2. The van der Waals surface area contributed by atoms with Crippen molar-refractivity contribution in [3.05, 3.63) is 34.8 Å². The first-order valence-electron chi connectivity index (χ1n) is 11.2. The summed E-state index contributed by atoms with van der Waals surface area (Å²) in [7, 11) is 0. The van der Waals surface area contributed by atoms with E-state index < -0.39 is 83.9 Å². The van der Waals surface area contributed by atoms with Gasteiger partial charge in [-0.15, -0.1) is 0 Å². The van der Waals surface area contributed by atoms with E-state index in [-0.39, 0.29) is 0 Å². The normalized spacial score (nSPS) is 49.0. The van der Waals surface area contributed by atoms with Crippen molar-refractivity contribution in [1.82, 2.24) is 5.31 Å². The molecule has 1 N–H and O–H groups in total. The summed E-state index contributed by atoms with van der Waals surface area (Å²) in [4.78, 5) is 13.3. The molecule has 0 amide bonds. The Morgan fingerprint density at radius 2 is 2.50 bits per heavy atom. The fraction of sp³-hybridized carbons (Fsp3) is 0.462. The van der Waals surface area contributed by atoms with E-state index >= 15 is 0 Å². The zero-order valence-electron chi connectivity index (χ0n) is 21.9. The largest absolute Gasteiger partial charge is 0.304 e. The Bertz CT molecular complexity index is 883. The van der Waals surface area contributed by atoms with Crippen LogP contribution in [0, 0.1) is 0 Å². The summed E-state index contributed by atoms with van der Waals surface area (Å²) in [5, 5.41) is -1.53. The fourth-order valence-corrected chi connectivity index (χ4v) is 1.59. The zero-order valence-corrected chi connectivity index (χ0v) is 8.70. The topological polar surface area (TPSA) is 29.1 Å². The first-order valence-corrected chi connectivity index (χ1v) is 4.68. The van der Waals surface area contributed by atoms with Gasteiger partial charge < -0.3 is 5.31 Å². The molecule has 0 aromatic heterocycles. The minimum absolute atomic E-state index is 0.558. The Labute approximate surface area is 121 Å². The number of Topliss-reactive ketones (excluding diaryl/α,β-unsaturated/α-hetero) is 1. The summed E-state index contributed by atoms with van der Waals surface area (Å²) in [6.07, 6.45) is -11.4. The van der Waals surface area contributed by atoms with Gasteiger partial charge in [0.25, 0.3) is 0 Å². The van der Waals surface area contributed by atoms with Gasteiger partial charge in [0.05, 0.1) is 5.48 Å². The summed E-state index contributed by atoms with van der Waals surface area (Å²) in [5.74, 6) is -2.03.